The Balaban J connectivity index is 3.30. The molecule has 0 aliphatic carbocycles. The predicted octanol–water partition coefficient (Wildman–Crippen LogP) is 3.27. The van der Waals surface area contributed by atoms with Gasteiger partial charge in [-0.05, 0) is 28.2 Å². The van der Waals surface area contributed by atoms with Crippen molar-refractivity contribution in [2.75, 3.05) is 7.11 Å². The number of carbonyl (C=O) groups excluding carboxylic acids is 1. The zero-order valence-electron chi connectivity index (χ0n) is 8.85. The van der Waals surface area contributed by atoms with E-state index in [1.807, 2.05) is 0 Å². The first-order chi connectivity index (χ1) is 8.30. The SMILES string of the molecule is COC(=O)c1c(CBr)cnc(OC(F)(F)F)c1I. The highest BCUT2D eigenvalue weighted by atomic mass is 127. The van der Waals surface area contributed by atoms with Crippen LogP contribution in [0.3, 0.4) is 0 Å². The van der Waals surface area contributed by atoms with E-state index < -0.39 is 18.2 Å². The number of pyridine rings is 1. The number of rotatable bonds is 3. The van der Waals surface area contributed by atoms with Crippen molar-refractivity contribution in [2.24, 2.45) is 0 Å². The molecular weight excluding hydrogens is 434 g/mol. The molecule has 0 atom stereocenters. The topological polar surface area (TPSA) is 48.4 Å². The lowest BCUT2D eigenvalue weighted by molar-refractivity contribution is -0.276. The summed E-state index contributed by atoms with van der Waals surface area (Å²) in [6.45, 7) is 0. The molecule has 0 aliphatic heterocycles. The molecule has 0 fully saturated rings. The molecule has 0 unspecified atom stereocenters. The van der Waals surface area contributed by atoms with Gasteiger partial charge < -0.3 is 9.47 Å². The van der Waals surface area contributed by atoms with Gasteiger partial charge in [0.15, 0.2) is 0 Å². The summed E-state index contributed by atoms with van der Waals surface area (Å²) in [6.07, 6.45) is -3.74. The van der Waals surface area contributed by atoms with Crippen LogP contribution in [0.4, 0.5) is 13.2 Å². The number of hydrogen-bond donors (Lipinski definition) is 0. The van der Waals surface area contributed by atoms with Crippen molar-refractivity contribution >= 4 is 44.5 Å². The second kappa shape index (κ2) is 6.04. The van der Waals surface area contributed by atoms with Gasteiger partial charge in [0.05, 0.1) is 16.2 Å². The predicted molar refractivity (Wildman–Crippen MR) is 67.6 cm³/mol. The summed E-state index contributed by atoms with van der Waals surface area (Å²) in [5, 5.41) is 0.257. The molecule has 100 valence electrons. The minimum absolute atomic E-state index is 0.00391. The van der Waals surface area contributed by atoms with E-state index in [2.05, 4.69) is 30.4 Å². The standard InChI is InChI=1S/C9H6BrF3INO3/c1-17-8(16)5-4(2-10)3-15-7(6(5)14)18-9(11,12)13/h3H,2H2,1H3. The lowest BCUT2D eigenvalue weighted by Gasteiger charge is -2.13. The molecule has 1 aromatic heterocycles. The number of halogens is 5. The van der Waals surface area contributed by atoms with Crippen LogP contribution in [0.5, 0.6) is 5.88 Å². The van der Waals surface area contributed by atoms with Crippen LogP contribution in [-0.2, 0) is 10.1 Å². The van der Waals surface area contributed by atoms with Gasteiger partial charge in [0.1, 0.15) is 0 Å². The van der Waals surface area contributed by atoms with Crippen molar-refractivity contribution in [3.8, 4) is 5.88 Å². The number of ether oxygens (including phenoxy) is 2. The van der Waals surface area contributed by atoms with Gasteiger partial charge in [-0.3, -0.25) is 0 Å². The van der Waals surface area contributed by atoms with E-state index in [9.17, 15) is 18.0 Å². The quantitative estimate of drug-likeness (QED) is 0.412. The monoisotopic (exact) mass is 439 g/mol. The van der Waals surface area contributed by atoms with E-state index in [-0.39, 0.29) is 14.5 Å². The third-order valence-electron chi connectivity index (χ3n) is 1.81. The Kier molecular flexibility index (Phi) is 5.20. The second-order valence-corrected chi connectivity index (χ2v) is 4.59. The normalized spacial score (nSPS) is 11.2. The Bertz CT molecular complexity index is 467. The fourth-order valence-corrected chi connectivity index (χ4v) is 2.35. The third-order valence-corrected chi connectivity index (χ3v) is 3.42. The van der Waals surface area contributed by atoms with E-state index in [1.54, 1.807) is 22.6 Å². The molecule has 0 saturated carbocycles. The molecule has 0 spiro atoms. The number of aromatic nitrogens is 1. The first-order valence-electron chi connectivity index (χ1n) is 4.37. The number of nitrogens with zero attached hydrogens (tertiary/aromatic N) is 1. The van der Waals surface area contributed by atoms with Gasteiger partial charge in [-0.2, -0.15) is 0 Å². The number of methoxy groups -OCH3 is 1. The van der Waals surface area contributed by atoms with Crippen LogP contribution < -0.4 is 4.74 Å². The van der Waals surface area contributed by atoms with Crippen LogP contribution in [-0.4, -0.2) is 24.4 Å². The van der Waals surface area contributed by atoms with E-state index in [0.717, 1.165) is 13.3 Å². The van der Waals surface area contributed by atoms with E-state index in [1.165, 1.54) is 0 Å². The fourth-order valence-electron chi connectivity index (χ4n) is 1.11. The molecule has 1 rings (SSSR count). The Morgan fingerprint density at radius 3 is 2.61 bits per heavy atom. The summed E-state index contributed by atoms with van der Waals surface area (Å²) < 4.78 is 44.6. The molecule has 9 heteroatoms. The van der Waals surface area contributed by atoms with Crippen molar-refractivity contribution < 1.29 is 27.4 Å². The molecule has 0 saturated heterocycles. The Morgan fingerprint density at radius 1 is 1.56 bits per heavy atom. The van der Waals surface area contributed by atoms with Crippen LogP contribution in [0.2, 0.25) is 0 Å². The van der Waals surface area contributed by atoms with Crippen molar-refractivity contribution in [2.45, 2.75) is 11.7 Å². The van der Waals surface area contributed by atoms with Gasteiger partial charge in [-0.25, -0.2) is 9.78 Å². The third kappa shape index (κ3) is 3.70. The highest BCUT2D eigenvalue weighted by Gasteiger charge is 2.34. The maximum absolute atomic E-state index is 12.1. The summed E-state index contributed by atoms with van der Waals surface area (Å²) in [5.41, 5.74) is 0.421. The minimum atomic E-state index is -4.86. The maximum Gasteiger partial charge on any atom is 0.574 e. The van der Waals surface area contributed by atoms with Crippen LogP contribution in [0.15, 0.2) is 6.20 Å². The summed E-state index contributed by atoms with van der Waals surface area (Å²) in [7, 11) is 1.14. The molecule has 4 nitrogen and oxygen atoms in total. The van der Waals surface area contributed by atoms with E-state index in [0.29, 0.717) is 5.56 Å². The molecule has 0 amide bonds. The van der Waals surface area contributed by atoms with Crippen molar-refractivity contribution in [1.82, 2.24) is 4.98 Å². The van der Waals surface area contributed by atoms with E-state index >= 15 is 0 Å². The number of carbonyl (C=O) groups is 1. The zero-order chi connectivity index (χ0) is 13.9. The number of alkyl halides is 4. The number of hydrogen-bond acceptors (Lipinski definition) is 4. The average Bonchev–Trinajstić information content (AvgIpc) is 2.29. The summed E-state index contributed by atoms with van der Waals surface area (Å²) in [5.74, 6) is -1.42. The zero-order valence-corrected chi connectivity index (χ0v) is 12.6. The van der Waals surface area contributed by atoms with Gasteiger partial charge in [-0.1, -0.05) is 15.9 Å². The van der Waals surface area contributed by atoms with Crippen molar-refractivity contribution in [3.63, 3.8) is 0 Å². The highest BCUT2D eigenvalue weighted by molar-refractivity contribution is 14.1. The first kappa shape index (κ1) is 15.5. The highest BCUT2D eigenvalue weighted by Crippen LogP contribution is 2.30. The van der Waals surface area contributed by atoms with Crippen LogP contribution in [0.25, 0.3) is 0 Å². The van der Waals surface area contributed by atoms with Gasteiger partial charge in [-0.15, -0.1) is 13.2 Å². The van der Waals surface area contributed by atoms with Crippen LogP contribution in [0, 0.1) is 3.57 Å². The van der Waals surface area contributed by atoms with Gasteiger partial charge in [0, 0.05) is 11.5 Å². The Labute approximate surface area is 122 Å². The van der Waals surface area contributed by atoms with Crippen LogP contribution in [0.1, 0.15) is 15.9 Å². The van der Waals surface area contributed by atoms with E-state index in [4.69, 9.17) is 0 Å². The molecule has 0 bridgehead atoms. The van der Waals surface area contributed by atoms with Crippen molar-refractivity contribution in [1.29, 1.82) is 0 Å². The lowest BCUT2D eigenvalue weighted by Crippen LogP contribution is -2.20. The molecule has 18 heavy (non-hydrogen) atoms. The van der Waals surface area contributed by atoms with Gasteiger partial charge >= 0.3 is 12.3 Å². The molecular formula is C9H6BrF3INO3. The summed E-state index contributed by atoms with van der Waals surface area (Å²) >= 11 is 4.67. The summed E-state index contributed by atoms with van der Waals surface area (Å²) in [4.78, 5) is 15.0. The fraction of sp³-hybridized carbons (Fsp3) is 0.333. The molecule has 0 aliphatic rings. The Morgan fingerprint density at radius 2 is 2.17 bits per heavy atom. The minimum Gasteiger partial charge on any atom is -0.465 e. The van der Waals surface area contributed by atoms with Gasteiger partial charge in [0.25, 0.3) is 0 Å². The maximum atomic E-state index is 12.1. The molecule has 1 heterocycles. The Hall–Kier alpha value is -0.580. The van der Waals surface area contributed by atoms with Gasteiger partial charge in [0.2, 0.25) is 5.88 Å². The number of esters is 1. The first-order valence-corrected chi connectivity index (χ1v) is 6.57. The lowest BCUT2D eigenvalue weighted by atomic mass is 10.1. The molecule has 0 N–H and O–H groups in total. The summed E-state index contributed by atoms with van der Waals surface area (Å²) in [6, 6.07) is 0. The van der Waals surface area contributed by atoms with Crippen molar-refractivity contribution in [3.05, 3.63) is 20.9 Å². The molecule has 0 aromatic carbocycles. The largest absolute Gasteiger partial charge is 0.574 e. The van der Waals surface area contributed by atoms with Crippen LogP contribution >= 0.6 is 38.5 Å². The second-order valence-electron chi connectivity index (χ2n) is 2.95. The molecule has 1 aromatic rings. The molecule has 0 radical (unpaired) electrons. The smallest absolute Gasteiger partial charge is 0.465 e. The average molecular weight is 440 g/mol.